The molecule has 3 heteroatoms. The average molecular weight is 256 g/mol. The molecule has 1 saturated carbocycles. The zero-order chi connectivity index (χ0) is 11.4. The van der Waals surface area contributed by atoms with Crippen LogP contribution in [0.3, 0.4) is 0 Å². The lowest BCUT2D eigenvalue weighted by Crippen LogP contribution is -2.05. The minimum atomic E-state index is 0.811. The van der Waals surface area contributed by atoms with Crippen molar-refractivity contribution in [1.29, 1.82) is 0 Å². The van der Waals surface area contributed by atoms with E-state index in [1.807, 2.05) is 18.8 Å². The predicted molar refractivity (Wildman–Crippen MR) is 72.3 cm³/mol. The minimum Gasteiger partial charge on any atom is -0.316 e. The van der Waals surface area contributed by atoms with E-state index >= 15 is 0 Å². The molecule has 0 amide bonds. The lowest BCUT2D eigenvalue weighted by Gasteiger charge is -2.10. The van der Waals surface area contributed by atoms with E-state index in [1.165, 1.54) is 36.1 Å². The van der Waals surface area contributed by atoms with Gasteiger partial charge in [0.1, 0.15) is 0 Å². The topological polar surface area (TPSA) is 12.0 Å². The van der Waals surface area contributed by atoms with E-state index in [2.05, 4.69) is 23.5 Å². The molecule has 1 N–H and O–H groups in total. The molecule has 1 aliphatic carbocycles. The van der Waals surface area contributed by atoms with Gasteiger partial charge in [-0.3, -0.25) is 0 Å². The van der Waals surface area contributed by atoms with Gasteiger partial charge in [0.2, 0.25) is 0 Å². The molecule has 0 unspecified atom stereocenters. The molecular formula is C13H18ClNS. The largest absolute Gasteiger partial charge is 0.316 e. The summed E-state index contributed by atoms with van der Waals surface area (Å²) in [5, 5.41) is 4.82. The maximum absolute atomic E-state index is 6.24. The highest BCUT2D eigenvalue weighted by Crippen LogP contribution is 2.36. The molecule has 1 aromatic carbocycles. The molecule has 0 bridgehead atoms. The zero-order valence-corrected chi connectivity index (χ0v) is 11.2. The van der Waals surface area contributed by atoms with Crippen LogP contribution in [-0.4, -0.2) is 12.3 Å². The first-order chi connectivity index (χ1) is 7.79. The van der Waals surface area contributed by atoms with Gasteiger partial charge in [0.25, 0.3) is 0 Å². The molecule has 1 nitrogen and oxygen atoms in total. The van der Waals surface area contributed by atoms with E-state index in [1.54, 1.807) is 0 Å². The monoisotopic (exact) mass is 255 g/mol. The second kappa shape index (κ2) is 5.95. The van der Waals surface area contributed by atoms with Crippen LogP contribution in [0.2, 0.25) is 5.02 Å². The summed E-state index contributed by atoms with van der Waals surface area (Å²) in [4.78, 5) is 1.32. The van der Waals surface area contributed by atoms with Gasteiger partial charge in [0, 0.05) is 21.7 Å². The number of hydrogen-bond donors (Lipinski definition) is 1. The summed E-state index contributed by atoms with van der Waals surface area (Å²) in [6.07, 6.45) is 5.51. The van der Waals surface area contributed by atoms with Crippen LogP contribution in [0.1, 0.15) is 31.2 Å². The molecule has 0 atom stereocenters. The van der Waals surface area contributed by atoms with E-state index in [-0.39, 0.29) is 0 Å². The Hall–Kier alpha value is -0.180. The van der Waals surface area contributed by atoms with Gasteiger partial charge in [-0.15, -0.1) is 11.8 Å². The first-order valence-corrected chi connectivity index (χ1v) is 7.15. The van der Waals surface area contributed by atoms with Crippen molar-refractivity contribution in [2.75, 3.05) is 7.05 Å². The Morgan fingerprint density at radius 3 is 2.75 bits per heavy atom. The van der Waals surface area contributed by atoms with Crippen molar-refractivity contribution in [2.45, 2.75) is 42.4 Å². The summed E-state index contributed by atoms with van der Waals surface area (Å²) in [7, 11) is 1.94. The third-order valence-electron chi connectivity index (χ3n) is 3.00. The molecule has 0 aliphatic heterocycles. The third-order valence-corrected chi connectivity index (χ3v) is 4.68. The number of thioether (sulfide) groups is 1. The molecule has 1 aliphatic rings. The van der Waals surface area contributed by atoms with Crippen molar-refractivity contribution < 1.29 is 0 Å². The third kappa shape index (κ3) is 3.16. The molecule has 2 rings (SSSR count). The lowest BCUT2D eigenvalue weighted by molar-refractivity contribution is 0.817. The lowest BCUT2D eigenvalue weighted by atomic mass is 10.2. The quantitative estimate of drug-likeness (QED) is 0.870. The minimum absolute atomic E-state index is 0.811. The fourth-order valence-corrected chi connectivity index (χ4v) is 3.73. The van der Waals surface area contributed by atoms with Crippen LogP contribution in [-0.2, 0) is 6.54 Å². The van der Waals surface area contributed by atoms with E-state index < -0.39 is 0 Å². The Balaban J connectivity index is 2.02. The number of rotatable bonds is 4. The Labute approximate surface area is 107 Å². The highest BCUT2D eigenvalue weighted by molar-refractivity contribution is 8.00. The number of halogens is 1. The van der Waals surface area contributed by atoms with Gasteiger partial charge in [0.15, 0.2) is 0 Å². The van der Waals surface area contributed by atoms with Crippen molar-refractivity contribution in [3.8, 4) is 0 Å². The molecule has 0 radical (unpaired) electrons. The van der Waals surface area contributed by atoms with Crippen LogP contribution in [0.25, 0.3) is 0 Å². The number of benzene rings is 1. The second-order valence-corrected chi connectivity index (χ2v) is 6.09. The normalized spacial score (nSPS) is 16.9. The molecule has 0 heterocycles. The smallest absolute Gasteiger partial charge is 0.0462 e. The molecule has 88 valence electrons. The van der Waals surface area contributed by atoms with Crippen LogP contribution in [0, 0.1) is 0 Å². The molecule has 0 saturated heterocycles. The van der Waals surface area contributed by atoms with Crippen molar-refractivity contribution in [1.82, 2.24) is 5.32 Å². The molecule has 0 spiro atoms. The van der Waals surface area contributed by atoms with Crippen LogP contribution >= 0.6 is 23.4 Å². The highest BCUT2D eigenvalue weighted by Gasteiger charge is 2.16. The number of hydrogen-bond acceptors (Lipinski definition) is 2. The fourth-order valence-electron chi connectivity index (χ4n) is 2.13. The molecular weight excluding hydrogens is 238 g/mol. The van der Waals surface area contributed by atoms with E-state index in [0.29, 0.717) is 0 Å². The van der Waals surface area contributed by atoms with Gasteiger partial charge < -0.3 is 5.32 Å². The number of nitrogens with one attached hydrogen (secondary N) is 1. The summed E-state index contributed by atoms with van der Waals surface area (Å²) < 4.78 is 0. The molecule has 16 heavy (non-hydrogen) atoms. The second-order valence-electron chi connectivity index (χ2n) is 4.31. The van der Waals surface area contributed by atoms with Gasteiger partial charge in [-0.2, -0.15) is 0 Å². The van der Waals surface area contributed by atoms with Gasteiger partial charge in [-0.05, 0) is 37.6 Å². The molecule has 1 aromatic rings. The van der Waals surface area contributed by atoms with Crippen molar-refractivity contribution in [3.05, 3.63) is 28.8 Å². The van der Waals surface area contributed by atoms with E-state index in [4.69, 9.17) is 11.6 Å². The Morgan fingerprint density at radius 2 is 2.12 bits per heavy atom. The predicted octanol–water partition coefficient (Wildman–Crippen LogP) is 4.09. The summed E-state index contributed by atoms with van der Waals surface area (Å²) in [5.74, 6) is 0. The van der Waals surface area contributed by atoms with Crippen LogP contribution in [0.4, 0.5) is 0 Å². The maximum Gasteiger partial charge on any atom is 0.0462 e. The van der Waals surface area contributed by atoms with Crippen molar-refractivity contribution in [2.24, 2.45) is 0 Å². The summed E-state index contributed by atoms with van der Waals surface area (Å²) in [6, 6.07) is 6.44. The van der Waals surface area contributed by atoms with E-state index in [0.717, 1.165) is 16.8 Å². The Kier molecular flexibility index (Phi) is 4.56. The maximum atomic E-state index is 6.24. The fraction of sp³-hybridized carbons (Fsp3) is 0.538. The Bertz CT molecular complexity index is 348. The summed E-state index contributed by atoms with van der Waals surface area (Å²) in [6.45, 7) is 0.840. The van der Waals surface area contributed by atoms with Gasteiger partial charge >= 0.3 is 0 Å². The standard InChI is InChI=1S/C13H18ClNS/c1-15-9-10-6-7-12(8-13(10)14)16-11-4-2-3-5-11/h6-8,11,15H,2-5,9H2,1H3. The van der Waals surface area contributed by atoms with Crippen LogP contribution in [0.5, 0.6) is 0 Å². The van der Waals surface area contributed by atoms with Crippen molar-refractivity contribution >= 4 is 23.4 Å². The van der Waals surface area contributed by atoms with Crippen LogP contribution < -0.4 is 5.32 Å². The summed E-state index contributed by atoms with van der Waals surface area (Å²) >= 11 is 8.23. The first-order valence-electron chi connectivity index (χ1n) is 5.89. The average Bonchev–Trinajstić information content (AvgIpc) is 2.75. The van der Waals surface area contributed by atoms with Gasteiger partial charge in [-0.1, -0.05) is 30.5 Å². The highest BCUT2D eigenvalue weighted by atomic mass is 35.5. The first kappa shape index (κ1) is 12.3. The zero-order valence-electron chi connectivity index (χ0n) is 9.63. The van der Waals surface area contributed by atoms with Gasteiger partial charge in [-0.25, -0.2) is 0 Å². The van der Waals surface area contributed by atoms with E-state index in [9.17, 15) is 0 Å². The van der Waals surface area contributed by atoms with Crippen molar-refractivity contribution in [3.63, 3.8) is 0 Å². The molecule has 1 fully saturated rings. The SMILES string of the molecule is CNCc1ccc(SC2CCCC2)cc1Cl. The Morgan fingerprint density at radius 1 is 1.38 bits per heavy atom. The molecule has 0 aromatic heterocycles. The van der Waals surface area contributed by atoms with Crippen LogP contribution in [0.15, 0.2) is 23.1 Å². The van der Waals surface area contributed by atoms with Gasteiger partial charge in [0.05, 0.1) is 0 Å². The summed E-state index contributed by atoms with van der Waals surface area (Å²) in [5.41, 5.74) is 1.18.